The molecule has 2 bridgehead atoms. The average Bonchev–Trinajstić information content (AvgIpc) is 3.20. The highest BCUT2D eigenvalue weighted by Crippen LogP contribution is 2.71. The molecule has 3 fully saturated rings. The van der Waals surface area contributed by atoms with Crippen LogP contribution in [0.2, 0.25) is 0 Å². The number of ether oxygens (including phenoxy) is 4. The van der Waals surface area contributed by atoms with E-state index in [9.17, 15) is 0 Å². The van der Waals surface area contributed by atoms with Crippen LogP contribution in [0.15, 0.2) is 22.7 Å². The van der Waals surface area contributed by atoms with Crippen LogP contribution < -0.4 is 0 Å². The summed E-state index contributed by atoms with van der Waals surface area (Å²) in [7, 11) is 0. The van der Waals surface area contributed by atoms with E-state index in [2.05, 4.69) is 50.1 Å². The largest absolute Gasteiger partial charge is 0.345 e. The third-order valence-electron chi connectivity index (χ3n) is 5.31. The summed E-state index contributed by atoms with van der Waals surface area (Å²) in [5.74, 6) is -0.698. The van der Waals surface area contributed by atoms with E-state index in [1.807, 2.05) is 0 Å². The molecule has 2 heterocycles. The third-order valence-corrected chi connectivity index (χ3v) is 7.47. The maximum Gasteiger partial charge on any atom is 0.205 e. The zero-order chi connectivity index (χ0) is 13.6. The van der Waals surface area contributed by atoms with Crippen LogP contribution >= 0.6 is 31.9 Å². The van der Waals surface area contributed by atoms with Crippen molar-refractivity contribution in [3.8, 4) is 0 Å². The predicted molar refractivity (Wildman–Crippen MR) is 77.5 cm³/mol. The van der Waals surface area contributed by atoms with E-state index in [4.69, 9.17) is 18.9 Å². The third kappa shape index (κ3) is 1.14. The van der Waals surface area contributed by atoms with E-state index in [0.717, 1.165) is 4.48 Å². The van der Waals surface area contributed by atoms with Crippen LogP contribution in [-0.4, -0.2) is 42.3 Å². The molecule has 0 radical (unpaired) electrons. The van der Waals surface area contributed by atoms with E-state index >= 15 is 0 Å². The number of halogens is 2. The van der Waals surface area contributed by atoms with Gasteiger partial charge < -0.3 is 18.9 Å². The topological polar surface area (TPSA) is 36.9 Å². The van der Waals surface area contributed by atoms with Gasteiger partial charge in [-0.1, -0.05) is 50.1 Å². The van der Waals surface area contributed by atoms with Gasteiger partial charge in [0.25, 0.3) is 0 Å². The molecular weight excluding hydrogens is 392 g/mol. The van der Waals surface area contributed by atoms with E-state index in [1.165, 1.54) is 0 Å². The van der Waals surface area contributed by atoms with Gasteiger partial charge in [0.1, 0.15) is 4.32 Å². The highest BCUT2D eigenvalue weighted by molar-refractivity contribution is 9.11. The Hall–Kier alpha value is 0.280. The highest BCUT2D eigenvalue weighted by atomic mass is 79.9. The number of hydrogen-bond donors (Lipinski definition) is 0. The summed E-state index contributed by atoms with van der Waals surface area (Å²) < 4.78 is 24.9. The lowest BCUT2D eigenvalue weighted by Gasteiger charge is -2.36. The van der Waals surface area contributed by atoms with Crippen molar-refractivity contribution in [2.45, 2.75) is 15.9 Å². The fourth-order valence-electron chi connectivity index (χ4n) is 4.66. The van der Waals surface area contributed by atoms with Crippen LogP contribution in [0.3, 0.4) is 0 Å². The Kier molecular flexibility index (Phi) is 2.42. The van der Waals surface area contributed by atoms with Crippen molar-refractivity contribution in [3.05, 3.63) is 22.7 Å². The molecule has 3 aliphatic carbocycles. The number of alkyl halides is 1. The van der Waals surface area contributed by atoms with Crippen LogP contribution in [-0.2, 0) is 18.9 Å². The fraction of sp³-hybridized carbons (Fsp3) is 0.714. The van der Waals surface area contributed by atoms with E-state index < -0.39 is 11.6 Å². The Labute approximate surface area is 133 Å². The van der Waals surface area contributed by atoms with Gasteiger partial charge in [0.15, 0.2) is 5.79 Å². The first-order valence-corrected chi connectivity index (χ1v) is 8.55. The lowest BCUT2D eigenvalue weighted by Crippen LogP contribution is -2.48. The quantitative estimate of drug-likeness (QED) is 0.458. The Balaban J connectivity index is 1.68. The zero-order valence-electron chi connectivity index (χ0n) is 10.7. The Bertz CT molecular complexity index is 533. The summed E-state index contributed by atoms with van der Waals surface area (Å²) in [6.45, 7) is 2.55. The Morgan fingerprint density at radius 2 is 1.65 bits per heavy atom. The summed E-state index contributed by atoms with van der Waals surface area (Å²) in [6, 6.07) is 0. The molecule has 0 unspecified atom stereocenters. The molecule has 2 aliphatic heterocycles. The Morgan fingerprint density at radius 3 is 2.35 bits per heavy atom. The van der Waals surface area contributed by atoms with Crippen molar-refractivity contribution in [2.75, 3.05) is 26.4 Å². The van der Waals surface area contributed by atoms with E-state index in [0.29, 0.717) is 26.4 Å². The van der Waals surface area contributed by atoms with E-state index in [-0.39, 0.29) is 22.1 Å². The predicted octanol–water partition coefficient (Wildman–Crippen LogP) is 2.33. The standard InChI is InChI=1S/C14H14Br2O4/c15-10-7-9-11(13(10)17-3-4-18-13)8-1-2-12(9,16)14(8)19-5-6-20-14/h1-2,7-9,11H,3-6H2/t8-,9+,11-,12-/m0/s1. The first-order chi connectivity index (χ1) is 9.64. The molecule has 2 spiro atoms. The lowest BCUT2D eigenvalue weighted by atomic mass is 9.82. The molecule has 4 nitrogen and oxygen atoms in total. The van der Waals surface area contributed by atoms with Crippen LogP contribution in [0.25, 0.3) is 0 Å². The first kappa shape index (κ1) is 12.8. The molecule has 2 saturated heterocycles. The van der Waals surface area contributed by atoms with Crippen molar-refractivity contribution in [1.82, 2.24) is 0 Å². The van der Waals surface area contributed by atoms with Crippen LogP contribution in [0.5, 0.6) is 0 Å². The van der Waals surface area contributed by atoms with Crippen molar-refractivity contribution < 1.29 is 18.9 Å². The molecule has 0 aromatic carbocycles. The SMILES string of the molecule is BrC1=C[C@@H]2[C@H]([C@@H]3C=C[C@@]2(Br)C32OCCO2)C12OCCO2. The summed E-state index contributed by atoms with van der Waals surface area (Å²) >= 11 is 7.58. The molecule has 0 N–H and O–H groups in total. The molecule has 1 saturated carbocycles. The normalized spacial score (nSPS) is 49.5. The summed E-state index contributed by atoms with van der Waals surface area (Å²) in [5.41, 5.74) is 0. The molecular formula is C14H14Br2O4. The van der Waals surface area contributed by atoms with Gasteiger partial charge in [0.2, 0.25) is 5.79 Å². The maximum absolute atomic E-state index is 6.08. The molecule has 108 valence electrons. The number of allylic oxidation sites excluding steroid dienone is 1. The van der Waals surface area contributed by atoms with Crippen LogP contribution in [0.4, 0.5) is 0 Å². The second-order valence-corrected chi connectivity index (χ2v) is 8.11. The first-order valence-electron chi connectivity index (χ1n) is 6.96. The van der Waals surface area contributed by atoms with Crippen molar-refractivity contribution in [3.63, 3.8) is 0 Å². The lowest BCUT2D eigenvalue weighted by molar-refractivity contribution is -0.205. The van der Waals surface area contributed by atoms with Crippen molar-refractivity contribution in [1.29, 1.82) is 0 Å². The number of hydrogen-bond acceptors (Lipinski definition) is 4. The molecule has 4 atom stereocenters. The number of rotatable bonds is 0. The van der Waals surface area contributed by atoms with Crippen LogP contribution in [0.1, 0.15) is 0 Å². The monoisotopic (exact) mass is 404 g/mol. The fourth-order valence-corrected chi connectivity index (χ4v) is 6.50. The van der Waals surface area contributed by atoms with Crippen LogP contribution in [0, 0.1) is 17.8 Å². The summed E-state index contributed by atoms with van der Waals surface area (Å²) in [4.78, 5) is 0. The summed E-state index contributed by atoms with van der Waals surface area (Å²) in [6.07, 6.45) is 6.60. The molecule has 5 aliphatic rings. The van der Waals surface area contributed by atoms with Gasteiger partial charge in [0, 0.05) is 17.8 Å². The highest BCUT2D eigenvalue weighted by Gasteiger charge is 2.79. The minimum atomic E-state index is -0.655. The molecule has 0 aromatic heterocycles. The van der Waals surface area contributed by atoms with Gasteiger partial charge in [-0.15, -0.1) is 0 Å². The Morgan fingerprint density at radius 1 is 1.00 bits per heavy atom. The van der Waals surface area contributed by atoms with Gasteiger partial charge in [-0.25, -0.2) is 0 Å². The van der Waals surface area contributed by atoms with E-state index in [1.54, 1.807) is 0 Å². The average molecular weight is 406 g/mol. The van der Waals surface area contributed by atoms with Gasteiger partial charge in [-0.3, -0.25) is 0 Å². The second kappa shape index (κ2) is 3.78. The molecule has 20 heavy (non-hydrogen) atoms. The minimum Gasteiger partial charge on any atom is -0.345 e. The second-order valence-electron chi connectivity index (χ2n) is 5.95. The molecule has 0 aromatic rings. The van der Waals surface area contributed by atoms with Gasteiger partial charge >= 0.3 is 0 Å². The molecule has 0 amide bonds. The molecule has 5 rings (SSSR count). The minimum absolute atomic E-state index is 0.138. The van der Waals surface area contributed by atoms with Gasteiger partial charge in [0.05, 0.1) is 30.9 Å². The smallest absolute Gasteiger partial charge is 0.205 e. The number of fused-ring (bicyclic) bond motifs is 4. The van der Waals surface area contributed by atoms with Gasteiger partial charge in [-0.2, -0.15) is 0 Å². The maximum atomic E-state index is 6.08. The zero-order valence-corrected chi connectivity index (χ0v) is 13.9. The van der Waals surface area contributed by atoms with Crippen molar-refractivity contribution >= 4 is 31.9 Å². The van der Waals surface area contributed by atoms with Crippen molar-refractivity contribution in [2.24, 2.45) is 17.8 Å². The molecule has 6 heteroatoms. The van der Waals surface area contributed by atoms with Gasteiger partial charge in [-0.05, 0) is 0 Å². The summed E-state index contributed by atoms with van der Waals surface area (Å²) in [5, 5.41) is 0.